The number of piperidine rings is 1. The number of halogens is 1. The molecule has 8 heteroatoms. The number of fused-ring (bicyclic) bond motifs is 1. The maximum Gasteiger partial charge on any atom is 0.343 e. The van der Waals surface area contributed by atoms with E-state index in [1.54, 1.807) is 23.6 Å². The van der Waals surface area contributed by atoms with E-state index in [0.717, 1.165) is 31.5 Å². The lowest BCUT2D eigenvalue weighted by Gasteiger charge is -2.27. The van der Waals surface area contributed by atoms with Crippen LogP contribution in [-0.4, -0.2) is 45.2 Å². The summed E-state index contributed by atoms with van der Waals surface area (Å²) in [6.45, 7) is 3.87. The van der Waals surface area contributed by atoms with E-state index in [9.17, 15) is 4.79 Å². The van der Waals surface area contributed by atoms with Gasteiger partial charge < -0.3 is 9.64 Å². The van der Waals surface area contributed by atoms with Crippen molar-refractivity contribution in [1.82, 2.24) is 19.6 Å². The Labute approximate surface area is 161 Å². The third kappa shape index (κ3) is 3.47. The van der Waals surface area contributed by atoms with Crippen LogP contribution in [0.3, 0.4) is 0 Å². The number of hydrogen-bond acceptors (Lipinski definition) is 6. The van der Waals surface area contributed by atoms with E-state index in [1.165, 1.54) is 12.6 Å². The Balaban J connectivity index is 1.89. The molecule has 0 bridgehead atoms. The van der Waals surface area contributed by atoms with Crippen LogP contribution in [0.4, 0.5) is 5.95 Å². The predicted octanol–water partition coefficient (Wildman–Crippen LogP) is 3.61. The minimum atomic E-state index is -0.433. The molecule has 7 nitrogen and oxygen atoms in total. The van der Waals surface area contributed by atoms with Crippen LogP contribution in [0.5, 0.6) is 0 Å². The van der Waals surface area contributed by atoms with Crippen molar-refractivity contribution in [2.45, 2.75) is 26.2 Å². The van der Waals surface area contributed by atoms with Gasteiger partial charge in [0.05, 0.1) is 12.8 Å². The Morgan fingerprint density at radius 2 is 1.89 bits per heavy atom. The fourth-order valence-electron chi connectivity index (χ4n) is 3.24. The number of ether oxygens (including phenoxy) is 1. The molecule has 0 unspecified atom stereocenters. The Hall–Kier alpha value is -2.67. The van der Waals surface area contributed by atoms with Gasteiger partial charge in [0, 0.05) is 23.7 Å². The quantitative estimate of drug-likeness (QED) is 0.639. The number of carbonyl (C=O) groups excluding carboxylic acids is 1. The summed E-state index contributed by atoms with van der Waals surface area (Å²) >= 11 is 6.03. The molecule has 0 amide bonds. The topological polar surface area (TPSA) is 72.6 Å². The molecule has 1 aliphatic rings. The summed E-state index contributed by atoms with van der Waals surface area (Å²) < 4.78 is 6.74. The van der Waals surface area contributed by atoms with Crippen LogP contribution in [0.15, 0.2) is 30.5 Å². The Bertz CT molecular complexity index is 964. The Morgan fingerprint density at radius 1 is 1.15 bits per heavy atom. The van der Waals surface area contributed by atoms with Gasteiger partial charge in [0.2, 0.25) is 5.95 Å². The van der Waals surface area contributed by atoms with Crippen molar-refractivity contribution in [2.24, 2.45) is 0 Å². The van der Waals surface area contributed by atoms with Gasteiger partial charge in [0.1, 0.15) is 5.56 Å². The summed E-state index contributed by atoms with van der Waals surface area (Å²) in [4.78, 5) is 23.9. The summed E-state index contributed by atoms with van der Waals surface area (Å²) in [6, 6.07) is 7.38. The van der Waals surface area contributed by atoms with E-state index >= 15 is 0 Å². The number of nitrogens with zero attached hydrogens (tertiary/aromatic N) is 5. The van der Waals surface area contributed by atoms with Gasteiger partial charge in [0.15, 0.2) is 11.5 Å². The highest BCUT2D eigenvalue weighted by molar-refractivity contribution is 6.30. The van der Waals surface area contributed by atoms with Gasteiger partial charge in [-0.3, -0.25) is 0 Å². The summed E-state index contributed by atoms with van der Waals surface area (Å²) in [5.74, 6) is 0.795. The van der Waals surface area contributed by atoms with Crippen LogP contribution in [-0.2, 0) is 4.74 Å². The van der Waals surface area contributed by atoms with Gasteiger partial charge in [-0.05, 0) is 50.5 Å². The monoisotopic (exact) mass is 385 g/mol. The molecule has 2 aromatic heterocycles. The number of rotatable bonds is 4. The maximum absolute atomic E-state index is 12.3. The zero-order chi connectivity index (χ0) is 18.8. The SMILES string of the molecule is CCOC(=O)c1cnn2c(-c3ccc(Cl)cc3)nc(N3CCCCC3)nc12. The summed E-state index contributed by atoms with van der Waals surface area (Å²) in [7, 11) is 0. The van der Waals surface area contributed by atoms with E-state index in [0.29, 0.717) is 34.6 Å². The first kappa shape index (κ1) is 17.7. The molecule has 1 aromatic carbocycles. The zero-order valence-corrected chi connectivity index (χ0v) is 15.8. The van der Waals surface area contributed by atoms with E-state index in [2.05, 4.69) is 15.0 Å². The minimum absolute atomic E-state index is 0.296. The first-order valence-electron chi connectivity index (χ1n) is 9.11. The van der Waals surface area contributed by atoms with Gasteiger partial charge >= 0.3 is 5.97 Å². The molecule has 1 fully saturated rings. The van der Waals surface area contributed by atoms with Crippen molar-refractivity contribution in [3.8, 4) is 11.4 Å². The van der Waals surface area contributed by atoms with Crippen molar-refractivity contribution in [1.29, 1.82) is 0 Å². The van der Waals surface area contributed by atoms with Crippen molar-refractivity contribution in [3.05, 3.63) is 41.0 Å². The smallest absolute Gasteiger partial charge is 0.343 e. The third-order valence-electron chi connectivity index (χ3n) is 4.59. The number of aromatic nitrogens is 4. The average molecular weight is 386 g/mol. The van der Waals surface area contributed by atoms with E-state index in [4.69, 9.17) is 21.3 Å². The van der Waals surface area contributed by atoms with Crippen LogP contribution in [0.25, 0.3) is 17.0 Å². The lowest BCUT2D eigenvalue weighted by Crippen LogP contribution is -2.31. The number of benzene rings is 1. The summed E-state index contributed by atoms with van der Waals surface area (Å²) in [6.07, 6.45) is 4.91. The molecule has 0 atom stereocenters. The molecule has 3 heterocycles. The highest BCUT2D eigenvalue weighted by atomic mass is 35.5. The molecule has 0 N–H and O–H groups in total. The fraction of sp³-hybridized carbons (Fsp3) is 0.368. The molecule has 0 aliphatic carbocycles. The third-order valence-corrected chi connectivity index (χ3v) is 4.84. The highest BCUT2D eigenvalue weighted by Crippen LogP contribution is 2.25. The second kappa shape index (κ2) is 7.52. The van der Waals surface area contributed by atoms with Crippen LogP contribution in [0, 0.1) is 0 Å². The number of esters is 1. The van der Waals surface area contributed by atoms with Gasteiger partial charge in [-0.2, -0.15) is 19.6 Å². The molecule has 140 valence electrons. The maximum atomic E-state index is 12.3. The first-order chi connectivity index (χ1) is 13.2. The normalized spacial score (nSPS) is 14.5. The largest absolute Gasteiger partial charge is 0.462 e. The van der Waals surface area contributed by atoms with E-state index < -0.39 is 5.97 Å². The molecule has 0 spiro atoms. The second-order valence-corrected chi connectivity index (χ2v) is 6.85. The summed E-state index contributed by atoms with van der Waals surface area (Å²) in [5.41, 5.74) is 1.64. The van der Waals surface area contributed by atoms with Gasteiger partial charge in [-0.15, -0.1) is 0 Å². The molecule has 27 heavy (non-hydrogen) atoms. The van der Waals surface area contributed by atoms with Crippen LogP contribution in [0.1, 0.15) is 36.5 Å². The van der Waals surface area contributed by atoms with Gasteiger partial charge in [0.25, 0.3) is 0 Å². The molecule has 1 saturated heterocycles. The fourth-order valence-corrected chi connectivity index (χ4v) is 3.37. The Morgan fingerprint density at radius 3 is 2.59 bits per heavy atom. The lowest BCUT2D eigenvalue weighted by atomic mass is 10.1. The van der Waals surface area contributed by atoms with E-state index in [1.807, 2.05) is 12.1 Å². The standard InChI is InChI=1S/C19H20ClN5O2/c1-2-27-18(26)15-12-21-25-16(13-6-8-14(20)9-7-13)22-19(23-17(15)25)24-10-4-3-5-11-24/h6-9,12H,2-5,10-11H2,1H3. The molecule has 1 aliphatic heterocycles. The number of carbonyl (C=O) groups is 1. The first-order valence-corrected chi connectivity index (χ1v) is 9.49. The molecule has 3 aromatic rings. The van der Waals surface area contributed by atoms with Crippen molar-refractivity contribution < 1.29 is 9.53 Å². The highest BCUT2D eigenvalue weighted by Gasteiger charge is 2.22. The predicted molar refractivity (Wildman–Crippen MR) is 103 cm³/mol. The minimum Gasteiger partial charge on any atom is -0.462 e. The van der Waals surface area contributed by atoms with Crippen molar-refractivity contribution in [2.75, 3.05) is 24.6 Å². The van der Waals surface area contributed by atoms with Crippen molar-refractivity contribution in [3.63, 3.8) is 0 Å². The van der Waals surface area contributed by atoms with E-state index in [-0.39, 0.29) is 0 Å². The van der Waals surface area contributed by atoms with Crippen LogP contribution < -0.4 is 4.90 Å². The molecule has 0 radical (unpaired) electrons. The van der Waals surface area contributed by atoms with Crippen molar-refractivity contribution >= 4 is 29.2 Å². The molecular weight excluding hydrogens is 366 g/mol. The number of hydrogen-bond donors (Lipinski definition) is 0. The second-order valence-electron chi connectivity index (χ2n) is 6.42. The summed E-state index contributed by atoms with van der Waals surface area (Å²) in [5, 5.41) is 4.99. The molecule has 4 rings (SSSR count). The van der Waals surface area contributed by atoms with Crippen LogP contribution >= 0.6 is 11.6 Å². The van der Waals surface area contributed by atoms with Gasteiger partial charge in [-0.25, -0.2) is 4.79 Å². The lowest BCUT2D eigenvalue weighted by molar-refractivity contribution is 0.0528. The van der Waals surface area contributed by atoms with Gasteiger partial charge in [-0.1, -0.05) is 11.6 Å². The Kier molecular flexibility index (Phi) is 4.94. The number of anilines is 1. The molecular formula is C19H20ClN5O2. The molecule has 0 saturated carbocycles. The van der Waals surface area contributed by atoms with Crippen LogP contribution in [0.2, 0.25) is 5.02 Å². The average Bonchev–Trinajstić information content (AvgIpc) is 3.13. The zero-order valence-electron chi connectivity index (χ0n) is 15.1.